The number of hydrogen-bond acceptors (Lipinski definition) is 5. The van der Waals surface area contributed by atoms with Crippen molar-refractivity contribution < 1.29 is 9.72 Å². The molecule has 0 spiro atoms. The average Bonchev–Trinajstić information content (AvgIpc) is 2.68. The molecule has 2 aliphatic rings. The molecule has 0 unspecified atom stereocenters. The summed E-state index contributed by atoms with van der Waals surface area (Å²) in [5, 5.41) is 14.7. The lowest BCUT2D eigenvalue weighted by molar-refractivity contribution is -0.384. The molecule has 148 valence electrons. The Bertz CT molecular complexity index is 671. The van der Waals surface area contributed by atoms with Crippen LogP contribution in [0.15, 0.2) is 18.2 Å². The highest BCUT2D eigenvalue weighted by atomic mass is 35.5. The summed E-state index contributed by atoms with van der Waals surface area (Å²) in [5.74, 6) is 0.705. The third-order valence-electron chi connectivity index (χ3n) is 5.53. The monoisotopic (exact) mass is 394 g/mol. The van der Waals surface area contributed by atoms with Gasteiger partial charge in [-0.2, -0.15) is 0 Å². The zero-order valence-electron chi connectivity index (χ0n) is 15.5. The molecule has 3 rings (SSSR count). The number of carbonyl (C=O) groups is 1. The van der Waals surface area contributed by atoms with Crippen LogP contribution in [0.1, 0.15) is 32.1 Å². The van der Waals surface area contributed by atoms with Crippen LogP contribution in [0.5, 0.6) is 0 Å². The topological polar surface area (TPSA) is 78.7 Å². The van der Waals surface area contributed by atoms with Gasteiger partial charge in [-0.1, -0.05) is 30.9 Å². The van der Waals surface area contributed by atoms with Crippen molar-refractivity contribution in [3.63, 3.8) is 0 Å². The summed E-state index contributed by atoms with van der Waals surface area (Å²) in [7, 11) is 0. The number of amides is 1. The third kappa shape index (κ3) is 5.56. The maximum Gasteiger partial charge on any atom is 0.294 e. The van der Waals surface area contributed by atoms with Gasteiger partial charge in [0.05, 0.1) is 11.5 Å². The smallest absolute Gasteiger partial charge is 0.294 e. The molecule has 0 aromatic heterocycles. The van der Waals surface area contributed by atoms with E-state index < -0.39 is 4.92 Å². The Morgan fingerprint density at radius 3 is 2.56 bits per heavy atom. The predicted octanol–water partition coefficient (Wildman–Crippen LogP) is 3.07. The van der Waals surface area contributed by atoms with Crippen molar-refractivity contribution in [2.45, 2.75) is 32.1 Å². The van der Waals surface area contributed by atoms with Gasteiger partial charge < -0.3 is 10.2 Å². The number of carbonyl (C=O) groups excluding carboxylic acids is 1. The Balaban J connectivity index is 1.46. The van der Waals surface area contributed by atoms with Crippen molar-refractivity contribution in [2.75, 3.05) is 44.2 Å². The first-order valence-corrected chi connectivity index (χ1v) is 10.1. The minimum atomic E-state index is -0.397. The molecule has 1 aliphatic carbocycles. The quantitative estimate of drug-likeness (QED) is 0.592. The number of nitro groups is 1. The Hall–Kier alpha value is -1.86. The van der Waals surface area contributed by atoms with Gasteiger partial charge in [0.2, 0.25) is 5.91 Å². The molecule has 8 heteroatoms. The molecule has 7 nitrogen and oxygen atoms in total. The predicted molar refractivity (Wildman–Crippen MR) is 106 cm³/mol. The van der Waals surface area contributed by atoms with E-state index in [0.717, 1.165) is 6.54 Å². The molecule has 0 radical (unpaired) electrons. The number of hydrogen-bond donors (Lipinski definition) is 1. The van der Waals surface area contributed by atoms with Gasteiger partial charge in [-0.3, -0.25) is 19.8 Å². The summed E-state index contributed by atoms with van der Waals surface area (Å²) in [5.41, 5.74) is 0.618. The zero-order valence-corrected chi connectivity index (χ0v) is 16.3. The molecule has 1 N–H and O–H groups in total. The van der Waals surface area contributed by atoms with Crippen molar-refractivity contribution in [2.24, 2.45) is 5.92 Å². The number of nitrogens with one attached hydrogen (secondary N) is 1. The fraction of sp³-hybridized carbons (Fsp3) is 0.632. The summed E-state index contributed by atoms with van der Waals surface area (Å²) >= 11 is 5.89. The fourth-order valence-corrected chi connectivity index (χ4v) is 4.13. The third-order valence-corrected chi connectivity index (χ3v) is 5.76. The lowest BCUT2D eigenvalue weighted by atomic mass is 9.89. The van der Waals surface area contributed by atoms with E-state index in [1.165, 1.54) is 38.2 Å². The van der Waals surface area contributed by atoms with Crippen molar-refractivity contribution in [3.8, 4) is 0 Å². The second-order valence-corrected chi connectivity index (χ2v) is 7.90. The number of piperazine rings is 1. The van der Waals surface area contributed by atoms with Gasteiger partial charge in [-0.15, -0.1) is 0 Å². The van der Waals surface area contributed by atoms with Crippen LogP contribution < -0.4 is 10.2 Å². The van der Waals surface area contributed by atoms with Gasteiger partial charge in [-0.25, -0.2) is 0 Å². The Labute approximate surface area is 164 Å². The van der Waals surface area contributed by atoms with E-state index >= 15 is 0 Å². The number of anilines is 1. The lowest BCUT2D eigenvalue weighted by Gasteiger charge is -2.35. The molecule has 1 amide bonds. The van der Waals surface area contributed by atoms with E-state index in [4.69, 9.17) is 11.6 Å². The minimum absolute atomic E-state index is 0.0289. The molecular weight excluding hydrogens is 368 g/mol. The number of halogens is 1. The first-order valence-electron chi connectivity index (χ1n) is 9.71. The van der Waals surface area contributed by atoms with Gasteiger partial charge in [0, 0.05) is 43.8 Å². The van der Waals surface area contributed by atoms with E-state index in [1.807, 2.05) is 4.90 Å². The van der Waals surface area contributed by atoms with Crippen molar-refractivity contribution in [1.29, 1.82) is 0 Å². The van der Waals surface area contributed by atoms with Crippen LogP contribution in [0.3, 0.4) is 0 Å². The maximum absolute atomic E-state index is 12.2. The highest BCUT2D eigenvalue weighted by molar-refractivity contribution is 6.30. The van der Waals surface area contributed by atoms with Crippen LogP contribution in [0.4, 0.5) is 11.4 Å². The second kappa shape index (κ2) is 9.37. The highest BCUT2D eigenvalue weighted by Crippen LogP contribution is 2.31. The van der Waals surface area contributed by atoms with E-state index in [-0.39, 0.29) is 11.6 Å². The molecule has 1 saturated carbocycles. The van der Waals surface area contributed by atoms with Gasteiger partial charge in [0.1, 0.15) is 5.69 Å². The largest absolute Gasteiger partial charge is 0.363 e. The van der Waals surface area contributed by atoms with E-state index in [0.29, 0.717) is 49.4 Å². The molecule has 1 heterocycles. The summed E-state index contributed by atoms with van der Waals surface area (Å²) < 4.78 is 0. The highest BCUT2D eigenvalue weighted by Gasteiger charge is 2.25. The Morgan fingerprint density at radius 1 is 1.19 bits per heavy atom. The number of rotatable bonds is 6. The summed E-state index contributed by atoms with van der Waals surface area (Å²) in [6.07, 6.45) is 6.32. The molecule has 27 heavy (non-hydrogen) atoms. The molecule has 1 aliphatic heterocycles. The standard InChI is InChI=1S/C19H27ClN4O3/c20-16-6-7-17(18(12-16)24(26)27)23-10-8-22(9-11-23)14-19(25)21-13-15-4-2-1-3-5-15/h6-7,12,15H,1-5,8-11,13-14H2,(H,21,25). The number of nitro benzene ring substituents is 1. The lowest BCUT2D eigenvalue weighted by Crippen LogP contribution is -2.50. The van der Waals surface area contributed by atoms with Gasteiger partial charge in [-0.05, 0) is 30.9 Å². The summed E-state index contributed by atoms with van der Waals surface area (Å²) in [6, 6.07) is 4.77. The van der Waals surface area contributed by atoms with E-state index in [2.05, 4.69) is 10.2 Å². The van der Waals surface area contributed by atoms with Gasteiger partial charge >= 0.3 is 0 Å². The molecule has 1 aromatic rings. The molecule has 0 bridgehead atoms. The zero-order chi connectivity index (χ0) is 19.2. The van der Waals surface area contributed by atoms with E-state index in [1.54, 1.807) is 12.1 Å². The van der Waals surface area contributed by atoms with Gasteiger partial charge in [0.25, 0.3) is 5.69 Å². The van der Waals surface area contributed by atoms with Gasteiger partial charge in [0.15, 0.2) is 0 Å². The summed E-state index contributed by atoms with van der Waals surface area (Å²) in [4.78, 5) is 27.2. The van der Waals surface area contributed by atoms with Crippen LogP contribution in [-0.4, -0.2) is 55.0 Å². The first kappa shape index (κ1) is 19.9. The minimum Gasteiger partial charge on any atom is -0.363 e. The SMILES string of the molecule is O=C(CN1CCN(c2ccc(Cl)cc2[N+](=O)[O-])CC1)NCC1CCCCC1. The Morgan fingerprint density at radius 2 is 1.89 bits per heavy atom. The van der Waals surface area contributed by atoms with Crippen LogP contribution in [0, 0.1) is 16.0 Å². The van der Waals surface area contributed by atoms with Crippen LogP contribution in [0.25, 0.3) is 0 Å². The molecule has 2 fully saturated rings. The van der Waals surface area contributed by atoms with Crippen LogP contribution in [-0.2, 0) is 4.79 Å². The van der Waals surface area contributed by atoms with Crippen LogP contribution in [0.2, 0.25) is 5.02 Å². The average molecular weight is 395 g/mol. The molecular formula is C19H27ClN4O3. The fourth-order valence-electron chi connectivity index (χ4n) is 3.97. The van der Waals surface area contributed by atoms with Crippen molar-refractivity contribution in [1.82, 2.24) is 10.2 Å². The molecule has 1 aromatic carbocycles. The number of nitrogens with zero attached hydrogens (tertiary/aromatic N) is 3. The van der Waals surface area contributed by atoms with Crippen LogP contribution >= 0.6 is 11.6 Å². The molecule has 1 saturated heterocycles. The maximum atomic E-state index is 12.2. The van der Waals surface area contributed by atoms with Crippen molar-refractivity contribution in [3.05, 3.63) is 33.3 Å². The molecule has 0 atom stereocenters. The van der Waals surface area contributed by atoms with E-state index in [9.17, 15) is 14.9 Å². The number of benzene rings is 1. The normalized spacial score (nSPS) is 19.1. The Kier molecular flexibility index (Phi) is 6.90. The van der Waals surface area contributed by atoms with Crippen molar-refractivity contribution >= 4 is 28.9 Å². The second-order valence-electron chi connectivity index (χ2n) is 7.46. The summed E-state index contributed by atoms with van der Waals surface area (Å²) in [6.45, 7) is 3.89. The first-order chi connectivity index (χ1) is 13.0.